The first-order valence-corrected chi connectivity index (χ1v) is 6.06. The molecule has 2 rings (SSSR count). The van der Waals surface area contributed by atoms with Crippen LogP contribution in [0.2, 0.25) is 0 Å². The average Bonchev–Trinajstić information content (AvgIpc) is 2.71. The molecule has 0 bridgehead atoms. The second kappa shape index (κ2) is 5.84. The number of hydrogen-bond acceptors (Lipinski definition) is 2. The van der Waals surface area contributed by atoms with Gasteiger partial charge in [-0.2, -0.15) is 0 Å². The van der Waals surface area contributed by atoms with Crippen molar-refractivity contribution in [3.05, 3.63) is 36.0 Å². The summed E-state index contributed by atoms with van der Waals surface area (Å²) in [5.74, 6) is 0. The summed E-state index contributed by atoms with van der Waals surface area (Å²) in [5, 5.41) is 4.68. The fourth-order valence-electron chi connectivity index (χ4n) is 2.01. The van der Waals surface area contributed by atoms with Crippen LogP contribution >= 0.6 is 0 Å². The third-order valence-corrected chi connectivity index (χ3v) is 2.94. The van der Waals surface area contributed by atoms with Gasteiger partial charge in [0.05, 0.1) is 6.61 Å². The van der Waals surface area contributed by atoms with E-state index in [1.165, 1.54) is 16.5 Å². The number of ether oxygens (including phenoxy) is 1. The van der Waals surface area contributed by atoms with Gasteiger partial charge in [0.1, 0.15) is 0 Å². The highest BCUT2D eigenvalue weighted by atomic mass is 16.5. The van der Waals surface area contributed by atoms with Gasteiger partial charge in [0.15, 0.2) is 0 Å². The summed E-state index contributed by atoms with van der Waals surface area (Å²) in [4.78, 5) is 0. The van der Waals surface area contributed by atoms with Crippen molar-refractivity contribution in [1.82, 2.24) is 9.88 Å². The largest absolute Gasteiger partial charge is 0.383 e. The molecule has 0 fully saturated rings. The molecule has 0 aliphatic heterocycles. The van der Waals surface area contributed by atoms with Crippen LogP contribution in [0.25, 0.3) is 10.9 Å². The van der Waals surface area contributed by atoms with E-state index in [-0.39, 0.29) is 0 Å². The van der Waals surface area contributed by atoms with Crippen LogP contribution in [-0.4, -0.2) is 31.4 Å². The van der Waals surface area contributed by atoms with Gasteiger partial charge in [0, 0.05) is 38.5 Å². The number of benzene rings is 1. The lowest BCUT2D eigenvalue weighted by molar-refractivity contribution is 0.199. The number of aromatic nitrogens is 1. The summed E-state index contributed by atoms with van der Waals surface area (Å²) in [6.45, 7) is 5.78. The summed E-state index contributed by atoms with van der Waals surface area (Å²) in [6, 6.07) is 8.76. The van der Waals surface area contributed by atoms with Crippen molar-refractivity contribution in [1.29, 1.82) is 0 Å². The van der Waals surface area contributed by atoms with Crippen molar-refractivity contribution in [3.8, 4) is 0 Å². The van der Waals surface area contributed by atoms with Crippen LogP contribution in [0, 0.1) is 6.92 Å². The quantitative estimate of drug-likeness (QED) is 0.773. The lowest BCUT2D eigenvalue weighted by Gasteiger charge is -2.07. The number of methoxy groups -OCH3 is 1. The van der Waals surface area contributed by atoms with Gasteiger partial charge in [-0.05, 0) is 30.5 Å². The maximum atomic E-state index is 4.99. The number of aryl methyl sites for hydroxylation is 1. The zero-order valence-corrected chi connectivity index (χ0v) is 10.6. The van der Waals surface area contributed by atoms with Gasteiger partial charge in [-0.3, -0.25) is 0 Å². The van der Waals surface area contributed by atoms with Gasteiger partial charge in [-0.15, -0.1) is 0 Å². The summed E-state index contributed by atoms with van der Waals surface area (Å²) in [5.41, 5.74) is 2.62. The van der Waals surface area contributed by atoms with E-state index in [0.29, 0.717) is 0 Å². The zero-order valence-electron chi connectivity index (χ0n) is 10.6. The molecule has 3 heteroatoms. The first kappa shape index (κ1) is 12.1. The molecule has 0 aliphatic rings. The molecule has 0 saturated heterocycles. The number of nitrogens with one attached hydrogen (secondary N) is 1. The zero-order chi connectivity index (χ0) is 12.1. The monoisotopic (exact) mass is 232 g/mol. The molecule has 0 radical (unpaired) electrons. The van der Waals surface area contributed by atoms with Gasteiger partial charge in [0.25, 0.3) is 0 Å². The first-order valence-electron chi connectivity index (χ1n) is 6.06. The van der Waals surface area contributed by atoms with E-state index >= 15 is 0 Å². The van der Waals surface area contributed by atoms with E-state index in [1.54, 1.807) is 7.11 Å². The first-order chi connectivity index (χ1) is 8.31. The molecule has 0 aliphatic carbocycles. The highest BCUT2D eigenvalue weighted by Crippen LogP contribution is 2.16. The molecule has 3 nitrogen and oxygen atoms in total. The molecule has 1 N–H and O–H groups in total. The molecule has 0 saturated carbocycles. The maximum absolute atomic E-state index is 4.99. The van der Waals surface area contributed by atoms with Crippen molar-refractivity contribution in [2.24, 2.45) is 0 Å². The van der Waals surface area contributed by atoms with Crippen molar-refractivity contribution in [3.63, 3.8) is 0 Å². The fraction of sp³-hybridized carbons (Fsp3) is 0.429. The van der Waals surface area contributed by atoms with Gasteiger partial charge >= 0.3 is 0 Å². The molecule has 0 atom stereocenters. The van der Waals surface area contributed by atoms with E-state index in [0.717, 1.165) is 26.2 Å². The molecule has 1 aromatic carbocycles. The van der Waals surface area contributed by atoms with E-state index in [2.05, 4.69) is 47.3 Å². The summed E-state index contributed by atoms with van der Waals surface area (Å²) in [7, 11) is 1.73. The van der Waals surface area contributed by atoms with Crippen molar-refractivity contribution < 1.29 is 4.74 Å². The summed E-state index contributed by atoms with van der Waals surface area (Å²) in [6.07, 6.45) is 2.15. The summed E-state index contributed by atoms with van der Waals surface area (Å²) >= 11 is 0. The van der Waals surface area contributed by atoms with Crippen LogP contribution < -0.4 is 5.32 Å². The molecule has 1 aromatic heterocycles. The van der Waals surface area contributed by atoms with E-state index in [9.17, 15) is 0 Å². The lowest BCUT2D eigenvalue weighted by atomic mass is 10.2. The van der Waals surface area contributed by atoms with E-state index in [1.807, 2.05) is 0 Å². The highest BCUT2D eigenvalue weighted by Gasteiger charge is 2.00. The number of fused-ring (bicyclic) bond motifs is 1. The van der Waals surface area contributed by atoms with Crippen LogP contribution in [0.3, 0.4) is 0 Å². The molecule has 2 aromatic rings. The molecule has 0 amide bonds. The maximum Gasteiger partial charge on any atom is 0.0587 e. The molecule has 0 unspecified atom stereocenters. The van der Waals surface area contributed by atoms with Gasteiger partial charge < -0.3 is 14.6 Å². The average molecular weight is 232 g/mol. The fourth-order valence-corrected chi connectivity index (χ4v) is 2.01. The molecular weight excluding hydrogens is 212 g/mol. The van der Waals surface area contributed by atoms with Crippen LogP contribution in [0.5, 0.6) is 0 Å². The third kappa shape index (κ3) is 3.08. The second-order valence-electron chi connectivity index (χ2n) is 4.31. The second-order valence-corrected chi connectivity index (χ2v) is 4.31. The van der Waals surface area contributed by atoms with Crippen LogP contribution in [0.4, 0.5) is 0 Å². The number of hydrogen-bond donors (Lipinski definition) is 1. The molecular formula is C14H20N2O. The van der Waals surface area contributed by atoms with E-state index < -0.39 is 0 Å². The van der Waals surface area contributed by atoms with Crippen LogP contribution in [0.1, 0.15) is 5.56 Å². The Hall–Kier alpha value is -1.32. The third-order valence-electron chi connectivity index (χ3n) is 2.94. The number of nitrogens with zero attached hydrogens (tertiary/aromatic N) is 1. The van der Waals surface area contributed by atoms with Crippen molar-refractivity contribution in [2.45, 2.75) is 13.5 Å². The minimum atomic E-state index is 0.769. The Balaban J connectivity index is 1.95. The smallest absolute Gasteiger partial charge is 0.0587 e. The molecule has 92 valence electrons. The minimum Gasteiger partial charge on any atom is -0.383 e. The number of rotatable bonds is 6. The van der Waals surface area contributed by atoms with Crippen molar-refractivity contribution in [2.75, 3.05) is 26.8 Å². The SMILES string of the molecule is COCCNCCn1ccc2cc(C)ccc21. The van der Waals surface area contributed by atoms with E-state index in [4.69, 9.17) is 4.74 Å². The van der Waals surface area contributed by atoms with Crippen LogP contribution in [0.15, 0.2) is 30.5 Å². The molecule has 0 spiro atoms. The Morgan fingerprint density at radius 1 is 1.24 bits per heavy atom. The Kier molecular flexibility index (Phi) is 4.18. The van der Waals surface area contributed by atoms with Gasteiger partial charge in [-0.25, -0.2) is 0 Å². The topological polar surface area (TPSA) is 26.2 Å². The highest BCUT2D eigenvalue weighted by molar-refractivity contribution is 5.80. The predicted octanol–water partition coefficient (Wildman–Crippen LogP) is 2.19. The molecule has 17 heavy (non-hydrogen) atoms. The Bertz CT molecular complexity index is 476. The Morgan fingerprint density at radius 3 is 2.94 bits per heavy atom. The predicted molar refractivity (Wildman–Crippen MR) is 71.4 cm³/mol. The van der Waals surface area contributed by atoms with Crippen molar-refractivity contribution >= 4 is 10.9 Å². The lowest BCUT2D eigenvalue weighted by Crippen LogP contribution is -2.23. The normalized spacial score (nSPS) is 11.2. The van der Waals surface area contributed by atoms with Crippen LogP contribution in [-0.2, 0) is 11.3 Å². The standard InChI is InChI=1S/C14H20N2O/c1-12-3-4-14-13(11-12)5-8-16(14)9-6-15-7-10-17-2/h3-5,8,11,15H,6-7,9-10H2,1-2H3. The van der Waals surface area contributed by atoms with Gasteiger partial charge in [-0.1, -0.05) is 11.6 Å². The minimum absolute atomic E-state index is 0.769. The Labute approximate surface area is 102 Å². The molecule has 1 heterocycles. The van der Waals surface area contributed by atoms with Gasteiger partial charge in [0.2, 0.25) is 0 Å². The Morgan fingerprint density at radius 2 is 2.12 bits per heavy atom. The summed E-state index contributed by atoms with van der Waals surface area (Å²) < 4.78 is 7.28.